The van der Waals surface area contributed by atoms with Crippen molar-refractivity contribution >= 4 is 5.97 Å². The van der Waals surface area contributed by atoms with Gasteiger partial charge in [0.05, 0.1) is 6.61 Å². The van der Waals surface area contributed by atoms with Crippen LogP contribution in [0.25, 0.3) is 0 Å². The Morgan fingerprint density at radius 3 is 2.38 bits per heavy atom. The van der Waals surface area contributed by atoms with Gasteiger partial charge in [-0.25, -0.2) is 0 Å². The first-order valence-electron chi connectivity index (χ1n) is 5.21. The van der Waals surface area contributed by atoms with Gasteiger partial charge in [0, 0.05) is 6.42 Å². The van der Waals surface area contributed by atoms with E-state index in [2.05, 4.69) is 27.7 Å². The molecule has 0 spiro atoms. The van der Waals surface area contributed by atoms with Crippen LogP contribution in [0.1, 0.15) is 47.0 Å². The number of carbonyl (C=O) groups is 1. The maximum atomic E-state index is 11.2. The van der Waals surface area contributed by atoms with Crippen LogP contribution in [-0.4, -0.2) is 12.6 Å². The lowest BCUT2D eigenvalue weighted by Crippen LogP contribution is -2.10. The fraction of sp³-hybridized carbons (Fsp3) is 0.909. The van der Waals surface area contributed by atoms with Gasteiger partial charge in [-0.05, 0) is 18.3 Å². The van der Waals surface area contributed by atoms with Crippen molar-refractivity contribution in [1.82, 2.24) is 0 Å². The second-order valence-corrected chi connectivity index (χ2v) is 4.12. The van der Waals surface area contributed by atoms with E-state index in [1.165, 1.54) is 0 Å². The monoisotopic (exact) mass is 186 g/mol. The Morgan fingerprint density at radius 2 is 1.92 bits per heavy atom. The summed E-state index contributed by atoms with van der Waals surface area (Å²) in [7, 11) is 0. The Balaban J connectivity index is 3.41. The lowest BCUT2D eigenvalue weighted by molar-refractivity contribution is -0.144. The molecule has 0 saturated carbocycles. The number of hydrogen-bond acceptors (Lipinski definition) is 2. The molecule has 0 aliphatic rings. The van der Waals surface area contributed by atoms with Gasteiger partial charge < -0.3 is 4.74 Å². The van der Waals surface area contributed by atoms with Gasteiger partial charge in [-0.2, -0.15) is 0 Å². The van der Waals surface area contributed by atoms with Crippen molar-refractivity contribution < 1.29 is 9.53 Å². The van der Waals surface area contributed by atoms with E-state index in [4.69, 9.17) is 4.74 Å². The molecule has 1 unspecified atom stereocenters. The Bertz CT molecular complexity index is 141. The largest absolute Gasteiger partial charge is 0.466 e. The van der Waals surface area contributed by atoms with Crippen molar-refractivity contribution in [2.75, 3.05) is 6.61 Å². The highest BCUT2D eigenvalue weighted by Crippen LogP contribution is 2.08. The normalized spacial score (nSPS) is 13.0. The van der Waals surface area contributed by atoms with E-state index >= 15 is 0 Å². The maximum Gasteiger partial charge on any atom is 0.306 e. The minimum Gasteiger partial charge on any atom is -0.466 e. The van der Waals surface area contributed by atoms with Crippen LogP contribution in [0, 0.1) is 11.8 Å². The van der Waals surface area contributed by atoms with Gasteiger partial charge in [0.25, 0.3) is 0 Å². The van der Waals surface area contributed by atoms with Gasteiger partial charge >= 0.3 is 5.97 Å². The summed E-state index contributed by atoms with van der Waals surface area (Å²) in [6.45, 7) is 8.99. The summed E-state index contributed by atoms with van der Waals surface area (Å²) in [5.74, 6) is 1.01. The van der Waals surface area contributed by atoms with Gasteiger partial charge in [0.1, 0.15) is 0 Å². The van der Waals surface area contributed by atoms with Crippen molar-refractivity contribution in [3.05, 3.63) is 0 Å². The lowest BCUT2D eigenvalue weighted by Gasteiger charge is -2.09. The summed E-state index contributed by atoms with van der Waals surface area (Å²) in [5, 5.41) is 0. The first kappa shape index (κ1) is 12.5. The molecule has 13 heavy (non-hydrogen) atoms. The Labute approximate surface area is 81.7 Å². The van der Waals surface area contributed by atoms with Crippen LogP contribution >= 0.6 is 0 Å². The highest BCUT2D eigenvalue weighted by molar-refractivity contribution is 5.69. The van der Waals surface area contributed by atoms with Crippen molar-refractivity contribution in [3.8, 4) is 0 Å². The molecule has 0 bridgehead atoms. The molecular weight excluding hydrogens is 164 g/mol. The van der Waals surface area contributed by atoms with Gasteiger partial charge in [-0.3, -0.25) is 4.79 Å². The molecule has 0 fully saturated rings. The first-order chi connectivity index (χ1) is 6.06. The zero-order chi connectivity index (χ0) is 10.3. The SMILES string of the molecule is CCC(C)CC(=O)OCCC(C)C. The Morgan fingerprint density at radius 1 is 1.31 bits per heavy atom. The van der Waals surface area contributed by atoms with Gasteiger partial charge in [0.15, 0.2) is 0 Å². The molecule has 0 radical (unpaired) electrons. The molecule has 0 saturated heterocycles. The molecule has 1 atom stereocenters. The summed E-state index contributed by atoms with van der Waals surface area (Å²) in [5.41, 5.74) is 0. The molecule has 0 aromatic rings. The molecule has 0 aliphatic heterocycles. The van der Waals surface area contributed by atoms with E-state index in [9.17, 15) is 4.79 Å². The lowest BCUT2D eigenvalue weighted by atomic mass is 10.1. The summed E-state index contributed by atoms with van der Waals surface area (Å²) >= 11 is 0. The first-order valence-corrected chi connectivity index (χ1v) is 5.21. The van der Waals surface area contributed by atoms with Crippen molar-refractivity contribution in [2.45, 2.75) is 47.0 Å². The van der Waals surface area contributed by atoms with Gasteiger partial charge in [-0.15, -0.1) is 0 Å². The topological polar surface area (TPSA) is 26.3 Å². The van der Waals surface area contributed by atoms with Crippen LogP contribution in [0.15, 0.2) is 0 Å². The summed E-state index contributed by atoms with van der Waals surface area (Å²) < 4.78 is 5.09. The molecule has 0 rings (SSSR count). The molecular formula is C11H22O2. The number of rotatable bonds is 6. The Hall–Kier alpha value is -0.530. The summed E-state index contributed by atoms with van der Waals surface area (Å²) in [6.07, 6.45) is 2.57. The highest BCUT2D eigenvalue weighted by atomic mass is 16.5. The van der Waals surface area contributed by atoms with Crippen molar-refractivity contribution in [3.63, 3.8) is 0 Å². The van der Waals surface area contributed by atoms with Crippen LogP contribution in [-0.2, 0) is 9.53 Å². The van der Waals surface area contributed by atoms with E-state index in [0.717, 1.165) is 12.8 Å². The fourth-order valence-electron chi connectivity index (χ4n) is 0.896. The second kappa shape index (κ2) is 6.93. The van der Waals surface area contributed by atoms with Crippen LogP contribution in [0.4, 0.5) is 0 Å². The van der Waals surface area contributed by atoms with Crippen LogP contribution in [0.2, 0.25) is 0 Å². The number of carbonyl (C=O) groups excluding carboxylic acids is 1. The second-order valence-electron chi connectivity index (χ2n) is 4.12. The predicted octanol–water partition coefficient (Wildman–Crippen LogP) is 3.01. The third-order valence-corrected chi connectivity index (χ3v) is 2.17. The number of ether oxygens (including phenoxy) is 1. The third-order valence-electron chi connectivity index (χ3n) is 2.17. The average molecular weight is 186 g/mol. The fourth-order valence-corrected chi connectivity index (χ4v) is 0.896. The third kappa shape index (κ3) is 7.82. The molecule has 0 aliphatic carbocycles. The van der Waals surface area contributed by atoms with E-state index in [1.807, 2.05) is 0 Å². The summed E-state index contributed by atoms with van der Waals surface area (Å²) in [6, 6.07) is 0. The van der Waals surface area contributed by atoms with E-state index in [0.29, 0.717) is 24.9 Å². The molecule has 0 amide bonds. The van der Waals surface area contributed by atoms with E-state index in [-0.39, 0.29) is 5.97 Å². The Kier molecular flexibility index (Phi) is 6.65. The van der Waals surface area contributed by atoms with Crippen LogP contribution in [0.3, 0.4) is 0 Å². The van der Waals surface area contributed by atoms with Crippen LogP contribution in [0.5, 0.6) is 0 Å². The minimum atomic E-state index is -0.0463. The summed E-state index contributed by atoms with van der Waals surface area (Å²) in [4.78, 5) is 11.2. The number of esters is 1. The molecule has 2 nitrogen and oxygen atoms in total. The highest BCUT2D eigenvalue weighted by Gasteiger charge is 2.08. The quantitative estimate of drug-likeness (QED) is 0.596. The maximum absolute atomic E-state index is 11.2. The van der Waals surface area contributed by atoms with Crippen molar-refractivity contribution in [2.24, 2.45) is 11.8 Å². The number of hydrogen-bond donors (Lipinski definition) is 0. The van der Waals surface area contributed by atoms with E-state index in [1.54, 1.807) is 0 Å². The molecule has 78 valence electrons. The van der Waals surface area contributed by atoms with Crippen molar-refractivity contribution in [1.29, 1.82) is 0 Å². The zero-order valence-corrected chi connectivity index (χ0v) is 9.30. The van der Waals surface area contributed by atoms with E-state index < -0.39 is 0 Å². The molecule has 0 aromatic heterocycles. The standard InChI is InChI=1S/C11H22O2/c1-5-10(4)8-11(12)13-7-6-9(2)3/h9-10H,5-8H2,1-4H3. The minimum absolute atomic E-state index is 0.0463. The molecule has 0 N–H and O–H groups in total. The predicted molar refractivity (Wildman–Crippen MR) is 54.5 cm³/mol. The van der Waals surface area contributed by atoms with Gasteiger partial charge in [0.2, 0.25) is 0 Å². The molecule has 2 heteroatoms. The smallest absolute Gasteiger partial charge is 0.306 e. The van der Waals surface area contributed by atoms with Gasteiger partial charge in [-0.1, -0.05) is 34.1 Å². The average Bonchev–Trinajstić information content (AvgIpc) is 2.03. The molecule has 0 aromatic carbocycles. The van der Waals surface area contributed by atoms with Crippen LogP contribution < -0.4 is 0 Å². The zero-order valence-electron chi connectivity index (χ0n) is 9.30. The molecule has 0 heterocycles.